The average molecular weight is 209 g/mol. The van der Waals surface area contributed by atoms with Crippen LogP contribution in [-0.2, 0) is 4.74 Å². The Kier molecular flexibility index (Phi) is 4.98. The van der Waals surface area contributed by atoms with Gasteiger partial charge in [-0.2, -0.15) is 0 Å². The molecule has 0 unspecified atom stereocenters. The van der Waals surface area contributed by atoms with Crippen molar-refractivity contribution in [1.29, 1.82) is 0 Å². The second-order valence-electron chi connectivity index (χ2n) is 3.48. The summed E-state index contributed by atoms with van der Waals surface area (Å²) in [7, 11) is 3.40. The summed E-state index contributed by atoms with van der Waals surface area (Å²) in [6.45, 7) is 3.74. The van der Waals surface area contributed by atoms with Crippen LogP contribution in [0, 0.1) is 6.92 Å². The van der Waals surface area contributed by atoms with Crippen LogP contribution in [0.1, 0.15) is 12.0 Å². The lowest BCUT2D eigenvalue weighted by molar-refractivity contribution is 0.197. The molecule has 0 aromatic heterocycles. The van der Waals surface area contributed by atoms with E-state index in [0.29, 0.717) is 0 Å². The third-order valence-electron chi connectivity index (χ3n) is 2.20. The Morgan fingerprint density at radius 3 is 2.73 bits per heavy atom. The zero-order valence-electron chi connectivity index (χ0n) is 9.67. The number of benzene rings is 1. The molecule has 3 nitrogen and oxygen atoms in total. The largest absolute Gasteiger partial charge is 0.495 e. The van der Waals surface area contributed by atoms with E-state index in [1.54, 1.807) is 14.2 Å². The Morgan fingerprint density at radius 2 is 2.07 bits per heavy atom. The number of hydrogen-bond acceptors (Lipinski definition) is 3. The fraction of sp³-hybridized carbons (Fsp3) is 0.500. The van der Waals surface area contributed by atoms with Crippen LogP contribution in [0.3, 0.4) is 0 Å². The van der Waals surface area contributed by atoms with Gasteiger partial charge in [0.25, 0.3) is 0 Å². The molecule has 1 aromatic carbocycles. The van der Waals surface area contributed by atoms with Gasteiger partial charge in [0.1, 0.15) is 5.75 Å². The molecule has 0 atom stereocenters. The van der Waals surface area contributed by atoms with Crippen molar-refractivity contribution in [1.82, 2.24) is 0 Å². The van der Waals surface area contributed by atoms with Crippen LogP contribution in [0.25, 0.3) is 0 Å². The molecule has 15 heavy (non-hydrogen) atoms. The minimum Gasteiger partial charge on any atom is -0.495 e. The molecule has 84 valence electrons. The van der Waals surface area contributed by atoms with Gasteiger partial charge in [-0.05, 0) is 31.0 Å². The summed E-state index contributed by atoms with van der Waals surface area (Å²) in [4.78, 5) is 0. The summed E-state index contributed by atoms with van der Waals surface area (Å²) in [6, 6.07) is 6.11. The molecular weight excluding hydrogens is 190 g/mol. The van der Waals surface area contributed by atoms with Crippen molar-refractivity contribution in [2.45, 2.75) is 13.3 Å². The molecule has 0 fully saturated rings. The molecule has 0 saturated carbocycles. The minimum atomic E-state index is 0.779. The van der Waals surface area contributed by atoms with Crippen LogP contribution in [0.2, 0.25) is 0 Å². The molecule has 1 N–H and O–H groups in total. The average Bonchev–Trinajstić information content (AvgIpc) is 2.25. The van der Waals surface area contributed by atoms with Crippen molar-refractivity contribution in [2.24, 2.45) is 0 Å². The Balaban J connectivity index is 2.54. The van der Waals surface area contributed by atoms with Crippen LogP contribution < -0.4 is 10.1 Å². The van der Waals surface area contributed by atoms with Crippen molar-refractivity contribution < 1.29 is 9.47 Å². The number of ether oxygens (including phenoxy) is 2. The predicted octanol–water partition coefficient (Wildman–Crippen LogP) is 2.45. The van der Waals surface area contributed by atoms with Gasteiger partial charge in [0.05, 0.1) is 12.8 Å². The van der Waals surface area contributed by atoms with Crippen LogP contribution in [0.4, 0.5) is 5.69 Å². The van der Waals surface area contributed by atoms with E-state index < -0.39 is 0 Å². The van der Waals surface area contributed by atoms with Gasteiger partial charge in [-0.25, -0.2) is 0 Å². The molecular formula is C12H19NO2. The first kappa shape index (κ1) is 11.9. The fourth-order valence-corrected chi connectivity index (χ4v) is 1.40. The highest BCUT2D eigenvalue weighted by atomic mass is 16.5. The van der Waals surface area contributed by atoms with E-state index >= 15 is 0 Å². The molecule has 1 rings (SSSR count). The van der Waals surface area contributed by atoms with E-state index in [0.717, 1.165) is 31.0 Å². The third kappa shape index (κ3) is 3.80. The summed E-state index contributed by atoms with van der Waals surface area (Å²) in [5.41, 5.74) is 2.28. The van der Waals surface area contributed by atoms with Crippen LogP contribution in [-0.4, -0.2) is 27.4 Å². The third-order valence-corrected chi connectivity index (χ3v) is 2.20. The number of aryl methyl sites for hydroxylation is 1. The van der Waals surface area contributed by atoms with Crippen molar-refractivity contribution in [2.75, 3.05) is 32.7 Å². The summed E-state index contributed by atoms with van der Waals surface area (Å²) in [6.07, 6.45) is 0.994. The normalized spacial score (nSPS) is 10.1. The Labute approximate surface area is 91.4 Å². The van der Waals surface area contributed by atoms with E-state index in [9.17, 15) is 0 Å². The summed E-state index contributed by atoms with van der Waals surface area (Å²) in [5.74, 6) is 0.887. The van der Waals surface area contributed by atoms with Crippen molar-refractivity contribution in [3.63, 3.8) is 0 Å². The van der Waals surface area contributed by atoms with Crippen molar-refractivity contribution >= 4 is 5.69 Å². The van der Waals surface area contributed by atoms with E-state index in [2.05, 4.69) is 18.3 Å². The zero-order chi connectivity index (χ0) is 11.1. The molecule has 0 radical (unpaired) electrons. The molecule has 1 aromatic rings. The number of methoxy groups -OCH3 is 2. The van der Waals surface area contributed by atoms with Gasteiger partial charge in [-0.1, -0.05) is 6.07 Å². The van der Waals surface area contributed by atoms with Gasteiger partial charge in [0, 0.05) is 20.3 Å². The zero-order valence-corrected chi connectivity index (χ0v) is 9.67. The molecule has 3 heteroatoms. The summed E-state index contributed by atoms with van der Waals surface area (Å²) in [5, 5.41) is 3.33. The molecule has 0 aliphatic heterocycles. The van der Waals surface area contributed by atoms with E-state index in [4.69, 9.17) is 9.47 Å². The van der Waals surface area contributed by atoms with Crippen LogP contribution in [0.15, 0.2) is 18.2 Å². The topological polar surface area (TPSA) is 30.5 Å². The molecule has 0 aliphatic rings. The maximum Gasteiger partial charge on any atom is 0.141 e. The van der Waals surface area contributed by atoms with E-state index in [1.807, 2.05) is 12.1 Å². The van der Waals surface area contributed by atoms with Gasteiger partial charge in [-0.3, -0.25) is 0 Å². The molecule has 0 aliphatic carbocycles. The smallest absolute Gasteiger partial charge is 0.141 e. The van der Waals surface area contributed by atoms with Crippen LogP contribution in [0.5, 0.6) is 5.75 Å². The van der Waals surface area contributed by atoms with Crippen molar-refractivity contribution in [3.8, 4) is 5.75 Å². The maximum absolute atomic E-state index is 5.26. The van der Waals surface area contributed by atoms with Crippen LogP contribution >= 0.6 is 0 Å². The lowest BCUT2D eigenvalue weighted by atomic mass is 10.2. The van der Waals surface area contributed by atoms with Gasteiger partial charge in [0.2, 0.25) is 0 Å². The first-order valence-corrected chi connectivity index (χ1v) is 5.15. The lowest BCUT2D eigenvalue weighted by Gasteiger charge is -2.11. The van der Waals surface area contributed by atoms with Gasteiger partial charge >= 0.3 is 0 Å². The van der Waals surface area contributed by atoms with E-state index in [-0.39, 0.29) is 0 Å². The highest BCUT2D eigenvalue weighted by molar-refractivity contribution is 5.57. The molecule has 0 bridgehead atoms. The molecule has 0 heterocycles. The first-order valence-electron chi connectivity index (χ1n) is 5.15. The van der Waals surface area contributed by atoms with Gasteiger partial charge in [0.15, 0.2) is 0 Å². The first-order chi connectivity index (χ1) is 7.27. The predicted molar refractivity (Wildman–Crippen MR) is 62.7 cm³/mol. The highest BCUT2D eigenvalue weighted by Crippen LogP contribution is 2.24. The number of rotatable bonds is 6. The number of nitrogens with one attached hydrogen (secondary N) is 1. The Hall–Kier alpha value is -1.22. The number of hydrogen-bond donors (Lipinski definition) is 1. The standard InChI is InChI=1S/C12H19NO2/c1-10-5-6-12(15-3)11(9-10)13-7-4-8-14-2/h5-6,9,13H,4,7-8H2,1-3H3. The summed E-state index contributed by atoms with van der Waals surface area (Å²) >= 11 is 0. The second-order valence-corrected chi connectivity index (χ2v) is 3.48. The fourth-order valence-electron chi connectivity index (χ4n) is 1.40. The highest BCUT2D eigenvalue weighted by Gasteiger charge is 2.01. The summed E-state index contributed by atoms with van der Waals surface area (Å²) < 4.78 is 10.3. The SMILES string of the molecule is COCCCNc1cc(C)ccc1OC. The molecule has 0 spiro atoms. The van der Waals surface area contributed by atoms with Gasteiger partial charge in [-0.15, -0.1) is 0 Å². The monoisotopic (exact) mass is 209 g/mol. The molecule has 0 amide bonds. The quantitative estimate of drug-likeness (QED) is 0.730. The van der Waals surface area contributed by atoms with Crippen molar-refractivity contribution in [3.05, 3.63) is 23.8 Å². The number of anilines is 1. The minimum absolute atomic E-state index is 0.779. The molecule has 0 saturated heterocycles. The van der Waals surface area contributed by atoms with E-state index in [1.165, 1.54) is 5.56 Å². The Morgan fingerprint density at radius 1 is 1.27 bits per heavy atom. The Bertz CT molecular complexity index is 300. The lowest BCUT2D eigenvalue weighted by Crippen LogP contribution is -2.05. The maximum atomic E-state index is 5.26. The van der Waals surface area contributed by atoms with Gasteiger partial charge < -0.3 is 14.8 Å². The second kappa shape index (κ2) is 6.30.